The number of para-hydroxylation sites is 1. The van der Waals surface area contributed by atoms with E-state index in [0.717, 1.165) is 5.69 Å². The zero-order chi connectivity index (χ0) is 25.7. The maximum Gasteiger partial charge on any atom is 0.357 e. The second-order valence-corrected chi connectivity index (χ2v) is 8.26. The number of rotatable bonds is 8. The molecular weight excluding hydrogens is 530 g/mol. The molecule has 0 saturated heterocycles. The number of hydrogen-bond acceptors (Lipinski definition) is 8. The second kappa shape index (κ2) is 11.0. The van der Waals surface area contributed by atoms with Gasteiger partial charge in [-0.2, -0.15) is 5.10 Å². The smallest absolute Gasteiger partial charge is 0.357 e. The Morgan fingerprint density at radius 3 is 2.31 bits per heavy atom. The summed E-state index contributed by atoms with van der Waals surface area (Å²) >= 11 is 3.53. The van der Waals surface area contributed by atoms with Gasteiger partial charge in [0.25, 0.3) is 0 Å². The number of carbonyl (C=O) groups excluding carboxylic acids is 2. The van der Waals surface area contributed by atoms with E-state index in [9.17, 15) is 9.59 Å². The van der Waals surface area contributed by atoms with Gasteiger partial charge in [0, 0.05) is 11.8 Å². The van der Waals surface area contributed by atoms with Gasteiger partial charge in [-0.1, -0.05) is 24.3 Å². The summed E-state index contributed by atoms with van der Waals surface area (Å²) in [4.78, 5) is 30.0. The Bertz CT molecular complexity index is 1390. The molecule has 0 saturated carbocycles. The van der Waals surface area contributed by atoms with Crippen molar-refractivity contribution in [2.75, 3.05) is 21.3 Å². The molecule has 2 aromatic carbocycles. The molecule has 0 aliphatic carbocycles. The van der Waals surface area contributed by atoms with Crippen LogP contribution >= 0.6 is 15.9 Å². The van der Waals surface area contributed by atoms with E-state index in [1.165, 1.54) is 26.0 Å². The second-order valence-electron chi connectivity index (χ2n) is 7.40. The van der Waals surface area contributed by atoms with E-state index in [2.05, 4.69) is 26.0 Å². The number of nitrogens with zero attached hydrogens (tertiary/aromatic N) is 3. The third-order valence-electron chi connectivity index (χ3n) is 5.25. The minimum absolute atomic E-state index is 0.0377. The van der Waals surface area contributed by atoms with Crippen molar-refractivity contribution in [3.8, 4) is 28.4 Å². The van der Waals surface area contributed by atoms with Gasteiger partial charge in [0.05, 0.1) is 37.2 Å². The van der Waals surface area contributed by atoms with Crippen LogP contribution in [0.2, 0.25) is 0 Å². The molecule has 9 nitrogen and oxygen atoms in total. The van der Waals surface area contributed by atoms with Crippen LogP contribution in [0.4, 0.5) is 0 Å². The van der Waals surface area contributed by atoms with Crippen LogP contribution in [0.1, 0.15) is 26.5 Å². The topological polar surface area (TPSA) is 102 Å². The first-order valence-corrected chi connectivity index (χ1v) is 11.5. The molecule has 0 spiro atoms. The first-order valence-electron chi connectivity index (χ1n) is 10.7. The number of hydrogen-bond donors (Lipinski definition) is 0. The minimum Gasteiger partial charge on any atom is -0.493 e. The van der Waals surface area contributed by atoms with Crippen molar-refractivity contribution in [3.05, 3.63) is 88.3 Å². The monoisotopic (exact) mass is 551 g/mol. The van der Waals surface area contributed by atoms with Crippen LogP contribution in [0.15, 0.2) is 71.3 Å². The Hall–Kier alpha value is -4.18. The summed E-state index contributed by atoms with van der Waals surface area (Å²) in [6.07, 6.45) is 1.68. The van der Waals surface area contributed by atoms with Gasteiger partial charge in [-0.15, -0.1) is 0 Å². The van der Waals surface area contributed by atoms with Crippen molar-refractivity contribution in [1.29, 1.82) is 0 Å². The summed E-state index contributed by atoms with van der Waals surface area (Å²) < 4.78 is 23.4. The highest BCUT2D eigenvalue weighted by atomic mass is 79.9. The van der Waals surface area contributed by atoms with Crippen LogP contribution in [0.3, 0.4) is 0 Å². The number of aromatic nitrogens is 3. The number of methoxy groups -OCH3 is 3. The molecule has 0 N–H and O–H groups in total. The fourth-order valence-corrected chi connectivity index (χ4v) is 4.14. The van der Waals surface area contributed by atoms with Crippen LogP contribution in [0.25, 0.3) is 16.9 Å². The Balaban J connectivity index is 1.86. The van der Waals surface area contributed by atoms with E-state index < -0.39 is 11.9 Å². The van der Waals surface area contributed by atoms with Crippen molar-refractivity contribution in [2.45, 2.75) is 6.61 Å². The average Bonchev–Trinajstić information content (AvgIpc) is 3.33. The molecule has 4 aromatic rings. The molecule has 0 atom stereocenters. The van der Waals surface area contributed by atoms with E-state index >= 15 is 0 Å². The first kappa shape index (κ1) is 24.9. The maximum atomic E-state index is 12.9. The number of halogens is 1. The van der Waals surface area contributed by atoms with E-state index in [-0.39, 0.29) is 23.6 Å². The van der Waals surface area contributed by atoms with Gasteiger partial charge >= 0.3 is 11.9 Å². The lowest BCUT2D eigenvalue weighted by molar-refractivity contribution is 0.0549. The van der Waals surface area contributed by atoms with Crippen LogP contribution < -0.4 is 9.47 Å². The van der Waals surface area contributed by atoms with E-state index in [4.69, 9.17) is 18.9 Å². The highest BCUT2D eigenvalue weighted by Gasteiger charge is 2.32. The third-order valence-corrected chi connectivity index (χ3v) is 5.84. The van der Waals surface area contributed by atoms with E-state index in [1.807, 2.05) is 24.3 Å². The molecule has 0 aliphatic rings. The van der Waals surface area contributed by atoms with Gasteiger partial charge in [-0.3, -0.25) is 4.98 Å². The molecule has 0 unspecified atom stereocenters. The minimum atomic E-state index is -0.738. The lowest BCUT2D eigenvalue weighted by Gasteiger charge is -2.14. The summed E-state index contributed by atoms with van der Waals surface area (Å²) in [5, 5.41) is 4.62. The third kappa shape index (κ3) is 4.94. The number of carbonyl (C=O) groups is 2. The van der Waals surface area contributed by atoms with Crippen LogP contribution in [0.5, 0.6) is 11.5 Å². The first-order chi connectivity index (χ1) is 17.5. The molecule has 0 bridgehead atoms. The molecule has 0 radical (unpaired) electrons. The maximum absolute atomic E-state index is 12.9. The van der Waals surface area contributed by atoms with Crippen LogP contribution in [-0.4, -0.2) is 48.0 Å². The predicted octanol–water partition coefficient (Wildman–Crippen LogP) is 4.86. The number of pyridine rings is 1. The molecule has 0 amide bonds. The number of ether oxygens (including phenoxy) is 4. The summed E-state index contributed by atoms with van der Waals surface area (Å²) in [6.45, 7) is 0.220. The summed E-state index contributed by atoms with van der Waals surface area (Å²) in [6, 6.07) is 17.9. The summed E-state index contributed by atoms with van der Waals surface area (Å²) in [5.74, 6) is -0.639. The van der Waals surface area contributed by atoms with Crippen molar-refractivity contribution < 1.29 is 28.5 Å². The van der Waals surface area contributed by atoms with Crippen molar-refractivity contribution in [1.82, 2.24) is 14.8 Å². The Morgan fingerprint density at radius 2 is 1.67 bits per heavy atom. The zero-order valence-corrected chi connectivity index (χ0v) is 21.3. The molecular formula is C26H22BrN3O6. The normalized spacial score (nSPS) is 10.6. The van der Waals surface area contributed by atoms with Gasteiger partial charge in [0.1, 0.15) is 17.9 Å². The molecule has 184 valence electrons. The van der Waals surface area contributed by atoms with E-state index in [1.54, 1.807) is 42.6 Å². The van der Waals surface area contributed by atoms with Crippen molar-refractivity contribution in [3.63, 3.8) is 0 Å². The van der Waals surface area contributed by atoms with Gasteiger partial charge < -0.3 is 18.9 Å². The highest BCUT2D eigenvalue weighted by molar-refractivity contribution is 9.10. The molecule has 2 heterocycles. The SMILES string of the molecule is COC(=O)c1c(-c2cc(Br)c(OCc3ccccn3)c(OC)c2)nn(-c2ccccc2)c1C(=O)OC. The molecule has 2 aromatic heterocycles. The van der Waals surface area contributed by atoms with Gasteiger partial charge in [-0.25, -0.2) is 14.3 Å². The Morgan fingerprint density at radius 1 is 0.944 bits per heavy atom. The predicted molar refractivity (Wildman–Crippen MR) is 134 cm³/mol. The average molecular weight is 552 g/mol. The quantitative estimate of drug-likeness (QED) is 0.286. The molecule has 36 heavy (non-hydrogen) atoms. The number of esters is 2. The van der Waals surface area contributed by atoms with Crippen LogP contribution in [0, 0.1) is 0 Å². The largest absolute Gasteiger partial charge is 0.493 e. The number of benzene rings is 2. The molecule has 0 fully saturated rings. The van der Waals surface area contributed by atoms with Crippen molar-refractivity contribution in [2.24, 2.45) is 0 Å². The zero-order valence-electron chi connectivity index (χ0n) is 19.7. The fourth-order valence-electron chi connectivity index (χ4n) is 3.58. The van der Waals surface area contributed by atoms with Gasteiger partial charge in [-0.05, 0) is 52.3 Å². The summed E-state index contributed by atoms with van der Waals surface area (Å²) in [5.41, 5.74) is 1.91. The highest BCUT2D eigenvalue weighted by Crippen LogP contribution is 2.41. The molecule has 0 aliphatic heterocycles. The fraction of sp³-hybridized carbons (Fsp3) is 0.154. The van der Waals surface area contributed by atoms with Crippen molar-refractivity contribution >= 4 is 27.9 Å². The Labute approximate surface area is 215 Å². The lowest BCUT2D eigenvalue weighted by Crippen LogP contribution is -2.15. The lowest BCUT2D eigenvalue weighted by atomic mass is 10.0. The van der Waals surface area contributed by atoms with Gasteiger partial charge in [0.15, 0.2) is 17.2 Å². The summed E-state index contributed by atoms with van der Waals surface area (Å²) in [7, 11) is 3.97. The molecule has 10 heteroatoms. The standard InChI is InChI=1S/C26H22BrN3O6/c1-33-20-14-16(13-19(27)24(20)36-15-17-9-7-8-12-28-17)22-21(25(31)34-2)23(26(32)35-3)30(29-22)18-10-5-4-6-11-18/h4-14H,15H2,1-3H3. The van der Waals surface area contributed by atoms with Crippen LogP contribution in [-0.2, 0) is 16.1 Å². The molecule has 4 rings (SSSR count). The Kier molecular flexibility index (Phi) is 7.65. The van der Waals surface area contributed by atoms with Gasteiger partial charge in [0.2, 0.25) is 0 Å². The van der Waals surface area contributed by atoms with E-state index in [0.29, 0.717) is 27.2 Å².